The molecule has 2 saturated heterocycles. The number of benzene rings is 1. The summed E-state index contributed by atoms with van der Waals surface area (Å²) in [7, 11) is 1.86. The summed E-state index contributed by atoms with van der Waals surface area (Å²) in [5, 5.41) is 11.1. The Balaban J connectivity index is 1.24. The quantitative estimate of drug-likeness (QED) is 0.698. The molecule has 1 N–H and O–H groups in total. The number of carbonyl (C=O) groups is 1. The van der Waals surface area contributed by atoms with Crippen LogP contribution < -0.4 is 0 Å². The number of aromatic nitrogens is 2. The Kier molecular flexibility index (Phi) is 4.71. The van der Waals surface area contributed by atoms with E-state index in [1.807, 2.05) is 17.8 Å². The summed E-state index contributed by atoms with van der Waals surface area (Å²) in [5.41, 5.74) is -0.860. The zero-order valence-electron chi connectivity index (χ0n) is 17.3. The van der Waals surface area contributed by atoms with E-state index < -0.39 is 11.2 Å². The van der Waals surface area contributed by atoms with Crippen LogP contribution in [-0.4, -0.2) is 50.8 Å². The van der Waals surface area contributed by atoms with Gasteiger partial charge in [0.1, 0.15) is 23.0 Å². The van der Waals surface area contributed by atoms with E-state index in [-0.39, 0.29) is 24.1 Å². The second-order valence-corrected chi connectivity index (χ2v) is 8.50. The number of piperidine rings is 1. The van der Waals surface area contributed by atoms with E-state index >= 15 is 0 Å². The Morgan fingerprint density at radius 1 is 1.16 bits per heavy atom. The van der Waals surface area contributed by atoms with Crippen LogP contribution in [0.1, 0.15) is 35.6 Å². The predicted molar refractivity (Wildman–Crippen MR) is 110 cm³/mol. The van der Waals surface area contributed by atoms with Crippen molar-refractivity contribution in [3.8, 4) is 11.3 Å². The highest BCUT2D eigenvalue weighted by Crippen LogP contribution is 2.44. The van der Waals surface area contributed by atoms with Crippen molar-refractivity contribution in [2.24, 2.45) is 7.05 Å². The van der Waals surface area contributed by atoms with Crippen LogP contribution in [-0.2, 0) is 17.4 Å². The number of hydrogen-bond acceptors (Lipinski definition) is 5. The number of hydrogen-bond donors (Lipinski definition) is 1. The summed E-state index contributed by atoms with van der Waals surface area (Å²) in [6.07, 6.45) is 5.21. The van der Waals surface area contributed by atoms with Gasteiger partial charge in [0.15, 0.2) is 5.76 Å². The van der Waals surface area contributed by atoms with Crippen LogP contribution in [0, 0.1) is 5.82 Å². The average molecular weight is 425 g/mol. The molecule has 1 aromatic carbocycles. The molecule has 162 valence electrons. The SMILES string of the molecule is Cn1ccnc1C1(O)COC2(CCN(C(=O)c3ccc(-c4ccc(F)cc4)o3)CC2)C1. The van der Waals surface area contributed by atoms with Gasteiger partial charge in [-0.15, -0.1) is 0 Å². The number of rotatable bonds is 3. The number of amides is 1. The Morgan fingerprint density at radius 3 is 2.58 bits per heavy atom. The molecule has 1 spiro atoms. The molecule has 1 amide bonds. The molecule has 1 atom stereocenters. The highest BCUT2D eigenvalue weighted by atomic mass is 19.1. The first-order chi connectivity index (χ1) is 14.9. The lowest BCUT2D eigenvalue weighted by atomic mass is 9.83. The van der Waals surface area contributed by atoms with Crippen LogP contribution in [0.15, 0.2) is 53.2 Å². The van der Waals surface area contributed by atoms with Gasteiger partial charge in [-0.25, -0.2) is 9.37 Å². The molecule has 7 nitrogen and oxygen atoms in total. The van der Waals surface area contributed by atoms with Gasteiger partial charge in [-0.1, -0.05) is 0 Å². The highest BCUT2D eigenvalue weighted by molar-refractivity contribution is 5.92. The van der Waals surface area contributed by atoms with Crippen molar-refractivity contribution < 1.29 is 23.4 Å². The summed E-state index contributed by atoms with van der Waals surface area (Å²) in [4.78, 5) is 19.0. The Bertz CT molecular complexity index is 1100. The first-order valence-electron chi connectivity index (χ1n) is 10.4. The third kappa shape index (κ3) is 3.55. The molecule has 31 heavy (non-hydrogen) atoms. The van der Waals surface area contributed by atoms with Crippen LogP contribution in [0.3, 0.4) is 0 Å². The van der Waals surface area contributed by atoms with Gasteiger partial charge in [-0.05, 0) is 49.2 Å². The lowest BCUT2D eigenvalue weighted by Gasteiger charge is -2.38. The molecule has 8 heteroatoms. The number of likely N-dealkylation sites (tertiary alicyclic amines) is 1. The first kappa shape index (κ1) is 20.0. The lowest BCUT2D eigenvalue weighted by Crippen LogP contribution is -2.47. The number of aliphatic hydroxyl groups is 1. The minimum Gasteiger partial charge on any atom is -0.451 e. The monoisotopic (exact) mass is 425 g/mol. The smallest absolute Gasteiger partial charge is 0.289 e. The molecule has 1 unspecified atom stereocenters. The minimum absolute atomic E-state index is 0.180. The maximum absolute atomic E-state index is 13.1. The number of furan rings is 1. The average Bonchev–Trinajstić information content (AvgIpc) is 3.49. The minimum atomic E-state index is -1.12. The van der Waals surface area contributed by atoms with E-state index in [0.29, 0.717) is 49.5 Å². The van der Waals surface area contributed by atoms with Gasteiger partial charge in [0.25, 0.3) is 5.91 Å². The molecule has 2 aliphatic heterocycles. The van der Waals surface area contributed by atoms with Gasteiger partial charge in [-0.2, -0.15) is 0 Å². The van der Waals surface area contributed by atoms with Crippen LogP contribution in [0.5, 0.6) is 0 Å². The van der Waals surface area contributed by atoms with Gasteiger partial charge in [-0.3, -0.25) is 4.79 Å². The fraction of sp³-hybridized carbons (Fsp3) is 0.391. The molecule has 2 aromatic heterocycles. The van der Waals surface area contributed by atoms with Gasteiger partial charge in [0.05, 0.1) is 12.2 Å². The summed E-state index contributed by atoms with van der Waals surface area (Å²) in [6, 6.07) is 9.32. The van der Waals surface area contributed by atoms with E-state index in [1.165, 1.54) is 12.1 Å². The van der Waals surface area contributed by atoms with Crippen molar-refractivity contribution >= 4 is 5.91 Å². The Hall–Kier alpha value is -2.97. The normalized spacial score (nSPS) is 22.9. The van der Waals surface area contributed by atoms with E-state index in [9.17, 15) is 14.3 Å². The molecule has 5 rings (SSSR count). The van der Waals surface area contributed by atoms with E-state index in [4.69, 9.17) is 9.15 Å². The molecular weight excluding hydrogens is 401 g/mol. The van der Waals surface area contributed by atoms with Crippen molar-refractivity contribution in [1.82, 2.24) is 14.5 Å². The van der Waals surface area contributed by atoms with Gasteiger partial charge in [0.2, 0.25) is 0 Å². The first-order valence-corrected chi connectivity index (χ1v) is 10.4. The molecule has 2 aliphatic rings. The molecule has 3 aromatic rings. The van der Waals surface area contributed by atoms with Crippen LogP contribution >= 0.6 is 0 Å². The summed E-state index contributed by atoms with van der Waals surface area (Å²) in [6.45, 7) is 1.23. The predicted octanol–water partition coefficient (Wildman–Crippen LogP) is 3.10. The van der Waals surface area contributed by atoms with E-state index in [2.05, 4.69) is 4.98 Å². The second kappa shape index (κ2) is 7.32. The molecule has 0 saturated carbocycles. The fourth-order valence-electron chi connectivity index (χ4n) is 4.68. The number of ether oxygens (including phenoxy) is 1. The molecule has 2 fully saturated rings. The number of halogens is 1. The van der Waals surface area contributed by atoms with E-state index in [1.54, 1.807) is 35.4 Å². The van der Waals surface area contributed by atoms with Crippen LogP contribution in [0.4, 0.5) is 4.39 Å². The van der Waals surface area contributed by atoms with Crippen LogP contribution in [0.25, 0.3) is 11.3 Å². The fourth-order valence-corrected chi connectivity index (χ4v) is 4.68. The topological polar surface area (TPSA) is 80.7 Å². The van der Waals surface area contributed by atoms with Gasteiger partial charge < -0.3 is 23.7 Å². The van der Waals surface area contributed by atoms with Gasteiger partial charge in [0, 0.05) is 44.5 Å². The van der Waals surface area contributed by atoms with Crippen molar-refractivity contribution in [2.45, 2.75) is 30.5 Å². The Labute approximate surface area is 179 Å². The van der Waals surface area contributed by atoms with Gasteiger partial charge >= 0.3 is 0 Å². The summed E-state index contributed by atoms with van der Waals surface area (Å²) >= 11 is 0. The Morgan fingerprint density at radius 2 is 1.90 bits per heavy atom. The molecule has 0 bridgehead atoms. The molecular formula is C23H24FN3O4. The standard InChI is InChI=1S/C23H24FN3O4/c1-26-13-10-25-21(26)23(29)14-22(30-15-23)8-11-27(12-9-22)20(28)19-7-6-18(31-19)16-2-4-17(24)5-3-16/h2-7,10,13,29H,8-9,11-12,14-15H2,1H3. The number of aryl methyl sites for hydroxylation is 1. The highest BCUT2D eigenvalue weighted by Gasteiger charge is 2.52. The number of imidazole rings is 1. The lowest BCUT2D eigenvalue weighted by molar-refractivity contribution is -0.0441. The summed E-state index contributed by atoms with van der Waals surface area (Å²) in [5.74, 6) is 0.883. The zero-order chi connectivity index (χ0) is 21.6. The number of carbonyl (C=O) groups excluding carboxylic acids is 1. The van der Waals surface area contributed by atoms with Crippen molar-refractivity contribution in [1.29, 1.82) is 0 Å². The maximum atomic E-state index is 13.1. The zero-order valence-corrected chi connectivity index (χ0v) is 17.3. The molecule has 0 aliphatic carbocycles. The maximum Gasteiger partial charge on any atom is 0.289 e. The van der Waals surface area contributed by atoms with Crippen LogP contribution in [0.2, 0.25) is 0 Å². The largest absolute Gasteiger partial charge is 0.451 e. The molecule has 4 heterocycles. The van der Waals surface area contributed by atoms with Crippen molar-refractivity contribution in [3.05, 3.63) is 66.2 Å². The van der Waals surface area contributed by atoms with E-state index in [0.717, 1.165) is 0 Å². The summed E-state index contributed by atoms with van der Waals surface area (Å²) < 4.78 is 26.8. The molecule has 0 radical (unpaired) electrons. The number of nitrogens with zero attached hydrogens (tertiary/aromatic N) is 3. The second-order valence-electron chi connectivity index (χ2n) is 8.50. The van der Waals surface area contributed by atoms with Crippen molar-refractivity contribution in [3.63, 3.8) is 0 Å². The third-order valence-corrected chi connectivity index (χ3v) is 6.38. The third-order valence-electron chi connectivity index (χ3n) is 6.38. The van der Waals surface area contributed by atoms with Crippen molar-refractivity contribution in [2.75, 3.05) is 19.7 Å².